The van der Waals surface area contributed by atoms with Crippen LogP contribution in [0.2, 0.25) is 5.02 Å². The molecule has 0 aliphatic heterocycles. The summed E-state index contributed by atoms with van der Waals surface area (Å²) in [4.78, 5) is 22.5. The van der Waals surface area contributed by atoms with Crippen LogP contribution in [0.3, 0.4) is 0 Å². The second-order valence-corrected chi connectivity index (χ2v) is 9.94. The van der Waals surface area contributed by atoms with Crippen molar-refractivity contribution in [2.24, 2.45) is 5.10 Å². The molecule has 0 bridgehead atoms. The van der Waals surface area contributed by atoms with Crippen molar-refractivity contribution in [2.45, 2.75) is 21.4 Å². The number of nitrogens with one attached hydrogen (secondary N) is 1. The highest BCUT2D eigenvalue weighted by Crippen LogP contribution is 2.30. The number of hydrogen-bond donors (Lipinski definition) is 1. The third-order valence-electron chi connectivity index (χ3n) is 3.81. The van der Waals surface area contributed by atoms with Gasteiger partial charge in [-0.15, -0.1) is 10.2 Å². The van der Waals surface area contributed by atoms with E-state index >= 15 is 0 Å². The number of carbonyl (C=O) groups excluding carboxylic acids is 1. The first-order valence-electron chi connectivity index (χ1n) is 8.82. The van der Waals surface area contributed by atoms with Gasteiger partial charge in [0.15, 0.2) is 8.68 Å². The summed E-state index contributed by atoms with van der Waals surface area (Å²) in [5.41, 5.74) is 4.59. The molecule has 1 aromatic heterocycles. The summed E-state index contributed by atoms with van der Waals surface area (Å²) < 4.78 is 1.51. The fraction of sp³-hybridized carbons (Fsp3) is 0.158. The van der Waals surface area contributed by atoms with Gasteiger partial charge < -0.3 is 0 Å². The molecule has 0 spiro atoms. The SMILES string of the molecule is C/C(=N/NC(=O)CSc1nnc(SCc2ccc(Cl)cc2)s1)c1cccc([N+](=O)[O-])c1. The number of nitro groups is 1. The zero-order valence-electron chi connectivity index (χ0n) is 16.1. The van der Waals surface area contributed by atoms with Crippen molar-refractivity contribution < 1.29 is 9.72 Å². The van der Waals surface area contributed by atoms with Crippen LogP contribution in [-0.4, -0.2) is 32.5 Å². The van der Waals surface area contributed by atoms with Crippen LogP contribution in [0.25, 0.3) is 0 Å². The van der Waals surface area contributed by atoms with E-state index in [4.69, 9.17) is 11.6 Å². The molecule has 0 saturated heterocycles. The van der Waals surface area contributed by atoms with Gasteiger partial charge in [-0.2, -0.15) is 5.10 Å². The number of carbonyl (C=O) groups is 1. The van der Waals surface area contributed by atoms with E-state index in [0.29, 0.717) is 20.6 Å². The highest BCUT2D eigenvalue weighted by atomic mass is 35.5. The Kier molecular flexibility index (Phi) is 8.41. The predicted molar refractivity (Wildman–Crippen MR) is 125 cm³/mol. The van der Waals surface area contributed by atoms with Crippen LogP contribution >= 0.6 is 46.5 Å². The maximum absolute atomic E-state index is 12.1. The van der Waals surface area contributed by atoms with Crippen LogP contribution in [0.1, 0.15) is 18.1 Å². The summed E-state index contributed by atoms with van der Waals surface area (Å²) in [5, 5.41) is 23.8. The number of amides is 1. The van der Waals surface area contributed by atoms with Gasteiger partial charge in [-0.3, -0.25) is 14.9 Å². The monoisotopic (exact) mass is 493 g/mol. The molecular weight excluding hydrogens is 478 g/mol. The molecule has 160 valence electrons. The number of non-ortho nitro benzene ring substituents is 1. The lowest BCUT2D eigenvalue weighted by Crippen LogP contribution is -2.21. The second kappa shape index (κ2) is 11.2. The van der Waals surface area contributed by atoms with Gasteiger partial charge in [0.2, 0.25) is 0 Å². The molecule has 0 unspecified atom stereocenters. The molecule has 1 heterocycles. The molecule has 3 aromatic rings. The van der Waals surface area contributed by atoms with Gasteiger partial charge in [0.05, 0.1) is 16.4 Å². The summed E-state index contributed by atoms with van der Waals surface area (Å²) in [6, 6.07) is 13.7. The topological polar surface area (TPSA) is 110 Å². The summed E-state index contributed by atoms with van der Waals surface area (Å²) >= 11 is 10.1. The Hall–Kier alpha value is -2.47. The van der Waals surface area contributed by atoms with Gasteiger partial charge in [0, 0.05) is 28.5 Å². The van der Waals surface area contributed by atoms with Crippen LogP contribution in [0.15, 0.2) is 62.3 Å². The summed E-state index contributed by atoms with van der Waals surface area (Å²) in [5.74, 6) is 0.575. The van der Waals surface area contributed by atoms with E-state index < -0.39 is 4.92 Å². The number of nitrogens with zero attached hydrogens (tertiary/aromatic N) is 4. The average Bonchev–Trinajstić information content (AvgIpc) is 3.23. The number of halogens is 1. The molecule has 0 aliphatic carbocycles. The van der Waals surface area contributed by atoms with Crippen molar-refractivity contribution in [3.63, 3.8) is 0 Å². The van der Waals surface area contributed by atoms with Crippen LogP contribution in [0.5, 0.6) is 0 Å². The Morgan fingerprint density at radius 1 is 1.19 bits per heavy atom. The molecule has 0 aliphatic rings. The van der Waals surface area contributed by atoms with Gasteiger partial charge in [-0.05, 0) is 24.6 Å². The van der Waals surface area contributed by atoms with Gasteiger partial charge in [-0.1, -0.05) is 70.7 Å². The largest absolute Gasteiger partial charge is 0.272 e. The minimum atomic E-state index is -0.476. The first kappa shape index (κ1) is 23.2. The Morgan fingerprint density at radius 2 is 1.90 bits per heavy atom. The highest BCUT2D eigenvalue weighted by molar-refractivity contribution is 8.03. The summed E-state index contributed by atoms with van der Waals surface area (Å²) in [7, 11) is 0. The summed E-state index contributed by atoms with van der Waals surface area (Å²) in [6.45, 7) is 1.67. The van der Waals surface area contributed by atoms with E-state index in [9.17, 15) is 14.9 Å². The van der Waals surface area contributed by atoms with E-state index in [1.165, 1.54) is 35.2 Å². The Bertz CT molecular complexity index is 1110. The molecule has 2 aromatic carbocycles. The smallest absolute Gasteiger partial charge is 0.270 e. The highest BCUT2D eigenvalue weighted by Gasteiger charge is 2.10. The van der Waals surface area contributed by atoms with Crippen molar-refractivity contribution in [3.8, 4) is 0 Å². The molecule has 3 rings (SSSR count). The minimum absolute atomic E-state index is 0.0325. The third kappa shape index (κ3) is 7.31. The van der Waals surface area contributed by atoms with Gasteiger partial charge >= 0.3 is 0 Å². The molecule has 1 N–H and O–H groups in total. The van der Waals surface area contributed by atoms with Crippen molar-refractivity contribution in [1.82, 2.24) is 15.6 Å². The lowest BCUT2D eigenvalue weighted by Gasteiger charge is -2.02. The van der Waals surface area contributed by atoms with Crippen LogP contribution in [0, 0.1) is 10.1 Å². The minimum Gasteiger partial charge on any atom is -0.272 e. The first-order chi connectivity index (χ1) is 14.9. The quantitative estimate of drug-likeness (QED) is 0.193. The molecule has 31 heavy (non-hydrogen) atoms. The lowest BCUT2D eigenvalue weighted by molar-refractivity contribution is -0.384. The fourth-order valence-corrected chi connectivity index (χ4v) is 5.15. The van der Waals surface area contributed by atoms with Gasteiger partial charge in [-0.25, -0.2) is 5.43 Å². The lowest BCUT2D eigenvalue weighted by atomic mass is 10.1. The van der Waals surface area contributed by atoms with Crippen LogP contribution in [0.4, 0.5) is 5.69 Å². The van der Waals surface area contributed by atoms with Crippen LogP contribution in [-0.2, 0) is 10.5 Å². The van der Waals surface area contributed by atoms with E-state index in [-0.39, 0.29) is 17.3 Å². The molecule has 0 atom stereocenters. The van der Waals surface area contributed by atoms with E-state index in [1.807, 2.05) is 24.3 Å². The average molecular weight is 494 g/mol. The number of hydrogen-bond acceptors (Lipinski definition) is 9. The van der Waals surface area contributed by atoms with E-state index in [2.05, 4.69) is 20.7 Å². The molecule has 0 saturated carbocycles. The van der Waals surface area contributed by atoms with E-state index in [1.54, 1.807) is 30.8 Å². The Labute approximate surface area is 195 Å². The molecule has 0 radical (unpaired) electrons. The molecule has 12 heteroatoms. The zero-order valence-corrected chi connectivity index (χ0v) is 19.4. The maximum atomic E-state index is 12.1. The van der Waals surface area contributed by atoms with Crippen molar-refractivity contribution in [2.75, 3.05) is 5.75 Å². The second-order valence-electron chi connectivity index (χ2n) is 6.08. The van der Waals surface area contributed by atoms with Gasteiger partial charge in [0.25, 0.3) is 11.6 Å². The standard InChI is InChI=1S/C19H16ClN5O3S3/c1-12(14-3-2-4-16(9-14)25(27)28)21-22-17(26)11-30-19-24-23-18(31-19)29-10-13-5-7-15(20)8-6-13/h2-9H,10-11H2,1H3,(H,22,26)/b21-12-. The third-order valence-corrected chi connectivity index (χ3v) is 7.33. The fourth-order valence-electron chi connectivity index (χ4n) is 2.25. The Morgan fingerprint density at radius 3 is 2.61 bits per heavy atom. The maximum Gasteiger partial charge on any atom is 0.270 e. The van der Waals surface area contributed by atoms with Gasteiger partial charge in [0.1, 0.15) is 0 Å². The molecule has 0 fully saturated rings. The van der Waals surface area contributed by atoms with Crippen molar-refractivity contribution in [1.29, 1.82) is 0 Å². The Balaban J connectivity index is 1.46. The molecule has 8 nitrogen and oxygen atoms in total. The van der Waals surface area contributed by atoms with Crippen molar-refractivity contribution in [3.05, 3.63) is 74.8 Å². The normalized spacial score (nSPS) is 11.4. The first-order valence-corrected chi connectivity index (χ1v) is 12.0. The number of aromatic nitrogens is 2. The number of benzene rings is 2. The number of nitro benzene ring substituents is 1. The number of rotatable bonds is 9. The number of hydrazone groups is 1. The predicted octanol–water partition coefficient (Wildman–Crippen LogP) is 5.02. The molecular formula is C19H16ClN5O3S3. The van der Waals surface area contributed by atoms with Crippen molar-refractivity contribution >= 4 is 63.8 Å². The number of thioether (sulfide) groups is 2. The van der Waals surface area contributed by atoms with E-state index in [0.717, 1.165) is 15.7 Å². The molecule has 1 amide bonds. The zero-order chi connectivity index (χ0) is 22.2. The summed E-state index contributed by atoms with van der Waals surface area (Å²) in [6.07, 6.45) is 0. The van der Waals surface area contributed by atoms with Crippen LogP contribution < -0.4 is 5.43 Å².